The molecule has 0 spiro atoms. The Morgan fingerprint density at radius 1 is 1.43 bits per heavy atom. The number of amidine groups is 1. The zero-order valence-corrected chi connectivity index (χ0v) is 12.7. The molecule has 8 heteroatoms. The quantitative estimate of drug-likeness (QED) is 0.389. The van der Waals surface area contributed by atoms with Crippen LogP contribution >= 0.6 is 11.3 Å². The predicted molar refractivity (Wildman–Crippen MR) is 79.8 cm³/mol. The highest BCUT2D eigenvalue weighted by Crippen LogP contribution is 2.23. The van der Waals surface area contributed by atoms with Gasteiger partial charge >= 0.3 is 5.97 Å². The lowest BCUT2D eigenvalue weighted by Crippen LogP contribution is -2.44. The number of morpholine rings is 1. The maximum atomic E-state index is 11.7. The maximum Gasteiger partial charge on any atom is 0.350 e. The van der Waals surface area contributed by atoms with E-state index in [4.69, 9.17) is 9.47 Å². The number of hydrogen-bond donors (Lipinski definition) is 1. The Kier molecular flexibility index (Phi) is 5.29. The summed E-state index contributed by atoms with van der Waals surface area (Å²) in [5.74, 6) is -0.238. The summed E-state index contributed by atoms with van der Waals surface area (Å²) in [6.45, 7) is 3.84. The Bertz CT molecular complexity index is 549. The number of carbonyl (C=O) groups excluding carboxylic acids is 2. The summed E-state index contributed by atoms with van der Waals surface area (Å²) < 4.78 is 9.95. The molecule has 0 unspecified atom stereocenters. The van der Waals surface area contributed by atoms with E-state index in [2.05, 4.69) is 10.5 Å². The molecule has 21 heavy (non-hydrogen) atoms. The van der Waals surface area contributed by atoms with E-state index in [1.807, 2.05) is 4.90 Å². The molecule has 0 radical (unpaired) electrons. The molecule has 1 aliphatic rings. The number of methoxy groups -OCH3 is 1. The second-order valence-corrected chi connectivity index (χ2v) is 5.27. The minimum atomic E-state index is -0.432. The number of hydrogen-bond acceptors (Lipinski definition) is 7. The Morgan fingerprint density at radius 2 is 2.14 bits per heavy atom. The summed E-state index contributed by atoms with van der Waals surface area (Å²) in [6, 6.07) is 1.72. The molecule has 1 saturated heterocycles. The first-order valence-corrected chi connectivity index (χ1v) is 7.34. The molecule has 2 heterocycles. The average molecular weight is 311 g/mol. The predicted octanol–water partition coefficient (Wildman–Crippen LogP) is 1.18. The summed E-state index contributed by atoms with van der Waals surface area (Å²) in [4.78, 5) is 25.6. The van der Waals surface area contributed by atoms with Crippen molar-refractivity contribution < 1.29 is 19.1 Å². The standard InChI is InChI=1S/C13H17N3O4S/c1-9(17)12(16-4-6-20-7-5-16)15-14-10-3-8-21-11(10)13(18)19-2/h3,8,14H,4-7H2,1-2H3/b15-12+. The lowest BCUT2D eigenvalue weighted by molar-refractivity contribution is -0.112. The topological polar surface area (TPSA) is 80.2 Å². The van der Waals surface area contributed by atoms with Gasteiger partial charge in [-0.2, -0.15) is 5.10 Å². The van der Waals surface area contributed by atoms with E-state index < -0.39 is 5.97 Å². The fraction of sp³-hybridized carbons (Fsp3) is 0.462. The molecule has 0 saturated carbocycles. The number of thiophene rings is 1. The zero-order valence-electron chi connectivity index (χ0n) is 11.9. The summed E-state index contributed by atoms with van der Waals surface area (Å²) >= 11 is 1.25. The lowest BCUT2D eigenvalue weighted by atomic mass is 10.3. The minimum absolute atomic E-state index is 0.140. The molecule has 0 atom stereocenters. The van der Waals surface area contributed by atoms with Crippen LogP contribution in [0.1, 0.15) is 16.6 Å². The first kappa shape index (κ1) is 15.5. The van der Waals surface area contributed by atoms with Gasteiger partial charge < -0.3 is 14.4 Å². The van der Waals surface area contributed by atoms with Crippen LogP contribution in [0.25, 0.3) is 0 Å². The van der Waals surface area contributed by atoms with Crippen LogP contribution in [-0.4, -0.2) is 55.9 Å². The molecule has 0 aliphatic carbocycles. The first-order chi connectivity index (χ1) is 10.1. The molecule has 0 amide bonds. The third-order valence-corrected chi connectivity index (χ3v) is 3.84. The van der Waals surface area contributed by atoms with E-state index in [-0.39, 0.29) is 5.78 Å². The number of esters is 1. The van der Waals surface area contributed by atoms with E-state index in [9.17, 15) is 9.59 Å². The number of carbonyl (C=O) groups is 2. The fourth-order valence-electron chi connectivity index (χ4n) is 1.91. The van der Waals surface area contributed by atoms with Crippen molar-refractivity contribution in [2.75, 3.05) is 38.8 Å². The van der Waals surface area contributed by atoms with Crippen molar-refractivity contribution in [3.8, 4) is 0 Å². The maximum absolute atomic E-state index is 11.7. The second-order valence-electron chi connectivity index (χ2n) is 4.36. The number of ketones is 1. The molecule has 1 aliphatic heterocycles. The van der Waals surface area contributed by atoms with Crippen molar-refractivity contribution in [3.05, 3.63) is 16.3 Å². The van der Waals surface area contributed by atoms with E-state index in [1.165, 1.54) is 25.4 Å². The first-order valence-electron chi connectivity index (χ1n) is 6.46. The average Bonchev–Trinajstić information content (AvgIpc) is 2.96. The van der Waals surface area contributed by atoms with Gasteiger partial charge in [-0.3, -0.25) is 10.2 Å². The van der Waals surface area contributed by atoms with Crippen LogP contribution in [-0.2, 0) is 14.3 Å². The van der Waals surface area contributed by atoms with Gasteiger partial charge in [0.15, 0.2) is 11.6 Å². The van der Waals surface area contributed by atoms with Gasteiger partial charge in [0, 0.05) is 20.0 Å². The number of hydrazone groups is 1. The summed E-state index contributed by atoms with van der Waals surface area (Å²) in [6.07, 6.45) is 0. The van der Waals surface area contributed by atoms with Crippen LogP contribution in [0.2, 0.25) is 0 Å². The highest BCUT2D eigenvalue weighted by Gasteiger charge is 2.20. The molecular formula is C13H17N3O4S. The smallest absolute Gasteiger partial charge is 0.350 e. The van der Waals surface area contributed by atoms with Gasteiger partial charge in [0.1, 0.15) is 4.88 Å². The molecule has 1 aromatic heterocycles. The van der Waals surface area contributed by atoms with Crippen molar-refractivity contribution in [1.82, 2.24) is 4.90 Å². The number of nitrogens with zero attached hydrogens (tertiary/aromatic N) is 2. The highest BCUT2D eigenvalue weighted by molar-refractivity contribution is 7.12. The highest BCUT2D eigenvalue weighted by atomic mass is 32.1. The van der Waals surface area contributed by atoms with Crippen LogP contribution in [0.5, 0.6) is 0 Å². The SMILES string of the molecule is COC(=O)c1sccc1N/N=C(\C(C)=O)N1CCOCC1. The summed E-state index contributed by atoms with van der Waals surface area (Å²) in [7, 11) is 1.32. The van der Waals surface area contributed by atoms with Gasteiger partial charge in [0.25, 0.3) is 0 Å². The third-order valence-electron chi connectivity index (χ3n) is 2.94. The van der Waals surface area contributed by atoms with Crippen LogP contribution in [0, 0.1) is 0 Å². The van der Waals surface area contributed by atoms with Crippen LogP contribution in [0.3, 0.4) is 0 Å². The monoisotopic (exact) mass is 311 g/mol. The molecule has 7 nitrogen and oxygen atoms in total. The molecule has 114 valence electrons. The van der Waals surface area contributed by atoms with Gasteiger partial charge in [-0.25, -0.2) is 4.79 Å². The third kappa shape index (κ3) is 3.79. The molecule has 1 N–H and O–H groups in total. The zero-order chi connectivity index (χ0) is 15.2. The summed E-state index contributed by atoms with van der Waals surface area (Å²) in [5, 5.41) is 5.91. The normalized spacial score (nSPS) is 15.7. The molecular weight excluding hydrogens is 294 g/mol. The Morgan fingerprint density at radius 3 is 2.76 bits per heavy atom. The Labute approximate surface area is 126 Å². The van der Waals surface area contributed by atoms with Gasteiger partial charge in [-0.1, -0.05) is 0 Å². The van der Waals surface area contributed by atoms with Gasteiger partial charge in [0.2, 0.25) is 0 Å². The van der Waals surface area contributed by atoms with E-state index in [1.54, 1.807) is 11.4 Å². The van der Waals surface area contributed by atoms with E-state index in [0.717, 1.165) is 0 Å². The van der Waals surface area contributed by atoms with Gasteiger partial charge in [-0.05, 0) is 11.4 Å². The molecule has 1 aromatic rings. The van der Waals surface area contributed by atoms with Gasteiger partial charge in [-0.15, -0.1) is 11.3 Å². The molecule has 1 fully saturated rings. The van der Waals surface area contributed by atoms with E-state index in [0.29, 0.717) is 42.7 Å². The number of nitrogens with one attached hydrogen (secondary N) is 1. The largest absolute Gasteiger partial charge is 0.465 e. The number of ether oxygens (including phenoxy) is 2. The van der Waals surface area contributed by atoms with Crippen molar-refractivity contribution in [3.63, 3.8) is 0 Å². The van der Waals surface area contributed by atoms with Crippen LogP contribution in [0.4, 0.5) is 5.69 Å². The molecule has 2 rings (SSSR count). The Balaban J connectivity index is 2.14. The van der Waals surface area contributed by atoms with Crippen LogP contribution in [0.15, 0.2) is 16.5 Å². The van der Waals surface area contributed by atoms with Crippen molar-refractivity contribution in [1.29, 1.82) is 0 Å². The van der Waals surface area contributed by atoms with Crippen molar-refractivity contribution in [2.24, 2.45) is 5.10 Å². The fourth-order valence-corrected chi connectivity index (χ4v) is 2.67. The summed E-state index contributed by atoms with van der Waals surface area (Å²) in [5.41, 5.74) is 3.31. The van der Waals surface area contributed by atoms with E-state index >= 15 is 0 Å². The molecule has 0 aromatic carbocycles. The van der Waals surface area contributed by atoms with Crippen molar-refractivity contribution in [2.45, 2.75) is 6.92 Å². The minimum Gasteiger partial charge on any atom is -0.465 e. The van der Waals surface area contributed by atoms with Crippen LogP contribution < -0.4 is 5.43 Å². The number of rotatable bonds is 4. The number of anilines is 1. The number of Topliss-reactive ketones (excluding diaryl/α,β-unsaturated/α-hetero) is 1. The van der Waals surface area contributed by atoms with Crippen molar-refractivity contribution >= 4 is 34.6 Å². The second kappa shape index (κ2) is 7.19. The Hall–Kier alpha value is -1.93. The lowest BCUT2D eigenvalue weighted by Gasteiger charge is -2.28. The molecule has 0 bridgehead atoms. The van der Waals surface area contributed by atoms with Gasteiger partial charge in [0.05, 0.1) is 26.0 Å².